The second kappa shape index (κ2) is 11.7. The first kappa shape index (κ1) is 24.6. The normalized spacial score (nSPS) is 16.8. The maximum Gasteiger partial charge on any atom is 0.228 e. The fraction of sp³-hybridized carbons (Fsp3) is 0.727. The molecule has 188 valence electrons. The Hall–Kier alpha value is -2.54. The van der Waals surface area contributed by atoms with Crippen molar-refractivity contribution in [2.24, 2.45) is 0 Å². The van der Waals surface area contributed by atoms with Crippen LogP contribution in [0.2, 0.25) is 0 Å². The molecule has 0 aliphatic carbocycles. The van der Waals surface area contributed by atoms with E-state index in [-0.39, 0.29) is 13.2 Å². The van der Waals surface area contributed by atoms with Gasteiger partial charge in [0.05, 0.1) is 39.6 Å². The summed E-state index contributed by atoms with van der Waals surface area (Å²) in [7, 11) is 0. The molecule has 2 N–H and O–H groups in total. The van der Waals surface area contributed by atoms with Crippen LogP contribution in [0.15, 0.2) is 0 Å². The second-order valence-corrected chi connectivity index (χ2v) is 8.20. The SMILES string of the molecule is CCN(CCO)c1nc(N2CCOCC2)c2nc(N(CC)CCO)nc(N3CCOCC3)c2n1. The van der Waals surface area contributed by atoms with Crippen LogP contribution in [0.5, 0.6) is 0 Å². The summed E-state index contributed by atoms with van der Waals surface area (Å²) in [6, 6.07) is 0. The topological polar surface area (TPSA) is 123 Å². The van der Waals surface area contributed by atoms with Gasteiger partial charge in [0, 0.05) is 52.4 Å². The van der Waals surface area contributed by atoms with Gasteiger partial charge in [-0.05, 0) is 13.8 Å². The summed E-state index contributed by atoms with van der Waals surface area (Å²) in [5.41, 5.74) is 1.38. The van der Waals surface area contributed by atoms with Gasteiger partial charge >= 0.3 is 0 Å². The van der Waals surface area contributed by atoms with E-state index in [2.05, 4.69) is 9.80 Å². The number of nitrogens with zero attached hydrogens (tertiary/aromatic N) is 8. The van der Waals surface area contributed by atoms with Gasteiger partial charge in [0.15, 0.2) is 11.6 Å². The monoisotopic (exact) mass is 476 g/mol. The third kappa shape index (κ3) is 5.24. The van der Waals surface area contributed by atoms with E-state index in [9.17, 15) is 10.2 Å². The maximum absolute atomic E-state index is 9.60. The van der Waals surface area contributed by atoms with E-state index in [1.165, 1.54) is 0 Å². The minimum atomic E-state index is 0.0144. The molecule has 12 nitrogen and oxygen atoms in total. The first-order chi connectivity index (χ1) is 16.7. The summed E-state index contributed by atoms with van der Waals surface area (Å²) >= 11 is 0. The highest BCUT2D eigenvalue weighted by Gasteiger charge is 2.27. The molecule has 2 aliphatic rings. The minimum absolute atomic E-state index is 0.0144. The fourth-order valence-corrected chi connectivity index (χ4v) is 4.28. The Balaban J connectivity index is 1.94. The number of ether oxygens (including phenoxy) is 2. The van der Waals surface area contributed by atoms with E-state index in [4.69, 9.17) is 29.4 Å². The van der Waals surface area contributed by atoms with E-state index in [1.54, 1.807) is 0 Å². The van der Waals surface area contributed by atoms with Gasteiger partial charge in [-0.15, -0.1) is 0 Å². The molecule has 2 aromatic rings. The Morgan fingerprint density at radius 3 is 1.38 bits per heavy atom. The van der Waals surface area contributed by atoms with E-state index in [0.717, 1.165) is 11.6 Å². The van der Waals surface area contributed by atoms with E-state index >= 15 is 0 Å². The zero-order valence-corrected chi connectivity index (χ0v) is 20.2. The molecule has 0 atom stereocenters. The van der Waals surface area contributed by atoms with Crippen LogP contribution in [-0.2, 0) is 9.47 Å². The molecule has 2 saturated heterocycles. The first-order valence-electron chi connectivity index (χ1n) is 12.2. The number of likely N-dealkylation sites (N-methyl/N-ethyl adjacent to an activating group) is 2. The quantitative estimate of drug-likeness (QED) is 0.469. The fourth-order valence-electron chi connectivity index (χ4n) is 4.28. The molecule has 34 heavy (non-hydrogen) atoms. The van der Waals surface area contributed by atoms with Gasteiger partial charge in [-0.2, -0.15) is 9.97 Å². The van der Waals surface area contributed by atoms with Crippen molar-refractivity contribution in [3.8, 4) is 0 Å². The van der Waals surface area contributed by atoms with Crippen LogP contribution < -0.4 is 19.6 Å². The molecule has 0 amide bonds. The lowest BCUT2D eigenvalue weighted by Crippen LogP contribution is -2.39. The summed E-state index contributed by atoms with van der Waals surface area (Å²) in [5, 5.41) is 19.2. The van der Waals surface area contributed by atoms with Crippen LogP contribution in [0.25, 0.3) is 11.0 Å². The molecule has 0 bridgehead atoms. The van der Waals surface area contributed by atoms with Crippen molar-refractivity contribution in [2.45, 2.75) is 13.8 Å². The number of fused-ring (bicyclic) bond motifs is 1. The smallest absolute Gasteiger partial charge is 0.228 e. The van der Waals surface area contributed by atoms with Crippen molar-refractivity contribution in [3.63, 3.8) is 0 Å². The predicted octanol–water partition coefficient (Wildman–Crippen LogP) is -0.270. The van der Waals surface area contributed by atoms with Crippen LogP contribution >= 0.6 is 0 Å². The molecule has 0 saturated carbocycles. The summed E-state index contributed by atoms with van der Waals surface area (Å²) in [4.78, 5) is 28.1. The van der Waals surface area contributed by atoms with Crippen LogP contribution in [0.4, 0.5) is 23.5 Å². The Morgan fingerprint density at radius 2 is 1.06 bits per heavy atom. The molecule has 12 heteroatoms. The van der Waals surface area contributed by atoms with Crippen LogP contribution in [0.3, 0.4) is 0 Å². The minimum Gasteiger partial charge on any atom is -0.395 e. The number of hydrogen-bond donors (Lipinski definition) is 2. The summed E-state index contributed by atoms with van der Waals surface area (Å²) < 4.78 is 11.2. The van der Waals surface area contributed by atoms with Gasteiger partial charge < -0.3 is 39.3 Å². The van der Waals surface area contributed by atoms with E-state index < -0.39 is 0 Å². The van der Waals surface area contributed by atoms with Crippen molar-refractivity contribution >= 4 is 34.6 Å². The molecule has 4 rings (SSSR count). The van der Waals surface area contributed by atoms with Gasteiger partial charge in [-0.3, -0.25) is 0 Å². The Morgan fingerprint density at radius 1 is 0.676 bits per heavy atom. The molecular formula is C22H36N8O4. The molecule has 2 aromatic heterocycles. The van der Waals surface area contributed by atoms with Crippen molar-refractivity contribution in [2.75, 3.05) is 112 Å². The summed E-state index contributed by atoms with van der Waals surface area (Å²) in [6.07, 6.45) is 0. The number of aliphatic hydroxyl groups excluding tert-OH is 2. The summed E-state index contributed by atoms with van der Waals surface area (Å²) in [5.74, 6) is 2.61. The average molecular weight is 477 g/mol. The van der Waals surface area contributed by atoms with Gasteiger partial charge in [-0.25, -0.2) is 9.97 Å². The Kier molecular flexibility index (Phi) is 8.48. The molecule has 2 aliphatic heterocycles. The number of aliphatic hydroxyl groups is 2. The van der Waals surface area contributed by atoms with Crippen LogP contribution in [0.1, 0.15) is 13.8 Å². The van der Waals surface area contributed by atoms with Crippen molar-refractivity contribution in [1.29, 1.82) is 0 Å². The van der Waals surface area contributed by atoms with E-state index in [0.29, 0.717) is 102 Å². The van der Waals surface area contributed by atoms with Gasteiger partial charge in [0.1, 0.15) is 11.0 Å². The van der Waals surface area contributed by atoms with Crippen LogP contribution in [-0.4, -0.2) is 122 Å². The number of anilines is 4. The maximum atomic E-state index is 9.60. The molecule has 4 heterocycles. The first-order valence-corrected chi connectivity index (χ1v) is 12.2. The van der Waals surface area contributed by atoms with Crippen molar-refractivity contribution in [1.82, 2.24) is 19.9 Å². The molecule has 0 radical (unpaired) electrons. The number of hydrogen-bond acceptors (Lipinski definition) is 12. The third-order valence-electron chi connectivity index (χ3n) is 6.17. The largest absolute Gasteiger partial charge is 0.395 e. The molecule has 0 unspecified atom stereocenters. The lowest BCUT2D eigenvalue weighted by molar-refractivity contribution is 0.122. The molecular weight excluding hydrogens is 440 g/mol. The van der Waals surface area contributed by atoms with Crippen molar-refractivity contribution < 1.29 is 19.7 Å². The van der Waals surface area contributed by atoms with Gasteiger partial charge in [0.2, 0.25) is 11.9 Å². The predicted molar refractivity (Wildman–Crippen MR) is 131 cm³/mol. The molecule has 2 fully saturated rings. The summed E-state index contributed by atoms with van der Waals surface area (Å²) in [6.45, 7) is 11.6. The second-order valence-electron chi connectivity index (χ2n) is 8.20. The molecule has 0 spiro atoms. The Labute approximate surface area is 200 Å². The number of aromatic nitrogens is 4. The van der Waals surface area contributed by atoms with Gasteiger partial charge in [0.25, 0.3) is 0 Å². The lowest BCUT2D eigenvalue weighted by Gasteiger charge is -2.32. The zero-order valence-electron chi connectivity index (χ0n) is 20.2. The lowest BCUT2D eigenvalue weighted by atomic mass is 10.3. The standard InChI is InChI=1S/C22H36N8O4/c1-3-27(5-11-31)21-23-17-18(19(25-21)29-7-13-33-14-8-29)24-22(28(4-2)6-12-32)26-20(17)30-9-15-34-16-10-30/h31-32H,3-16H2,1-2H3. The average Bonchev–Trinajstić information content (AvgIpc) is 2.90. The number of morpholine rings is 2. The van der Waals surface area contributed by atoms with Crippen molar-refractivity contribution in [3.05, 3.63) is 0 Å². The highest BCUT2D eigenvalue weighted by Crippen LogP contribution is 2.33. The number of rotatable bonds is 10. The zero-order chi connectivity index (χ0) is 23.9. The highest BCUT2D eigenvalue weighted by atomic mass is 16.5. The Bertz CT molecular complexity index is 862. The van der Waals surface area contributed by atoms with Crippen LogP contribution in [0, 0.1) is 0 Å². The van der Waals surface area contributed by atoms with Gasteiger partial charge in [-0.1, -0.05) is 0 Å². The molecule has 0 aromatic carbocycles. The highest BCUT2D eigenvalue weighted by molar-refractivity contribution is 5.95. The third-order valence-corrected chi connectivity index (χ3v) is 6.17. The van der Waals surface area contributed by atoms with E-state index in [1.807, 2.05) is 23.6 Å².